The van der Waals surface area contributed by atoms with E-state index in [0.29, 0.717) is 11.3 Å². The molecule has 0 atom stereocenters. The van der Waals surface area contributed by atoms with E-state index in [1.807, 2.05) is 0 Å². The molecule has 0 aromatic heterocycles. The smallest absolute Gasteiger partial charge is 0.388 e. The molecule has 0 bridgehead atoms. The van der Waals surface area contributed by atoms with Crippen molar-refractivity contribution in [2.24, 2.45) is 10.2 Å². The van der Waals surface area contributed by atoms with Crippen molar-refractivity contribution in [1.82, 2.24) is 0 Å². The molecule has 0 aliphatic rings. The summed E-state index contributed by atoms with van der Waals surface area (Å²) in [5.74, 6) is 0. The predicted octanol–water partition coefficient (Wildman–Crippen LogP) is 3.99. The summed E-state index contributed by atoms with van der Waals surface area (Å²) in [5.41, 5.74) is 0.260. The largest absolute Gasteiger partial charge is 0.416 e. The molecule has 6 heteroatoms. The fourth-order valence-electron chi connectivity index (χ4n) is 1.05. The SMILES string of the molecule is CN=Nc1ccc(C(F)(F)F)cc1C.COC. The monoisotopic (exact) mass is 248 g/mol. The molecule has 0 saturated heterocycles. The van der Waals surface area contributed by atoms with E-state index >= 15 is 0 Å². The second-order valence-electron chi connectivity index (χ2n) is 3.21. The Bertz CT molecular complexity index is 375. The Labute approximate surface area is 98.3 Å². The third-order valence-corrected chi connectivity index (χ3v) is 1.73. The lowest BCUT2D eigenvalue weighted by atomic mass is 10.1. The lowest BCUT2D eigenvalue weighted by Gasteiger charge is -2.07. The van der Waals surface area contributed by atoms with Crippen LogP contribution in [0.5, 0.6) is 0 Å². The Balaban J connectivity index is 0.000000770. The number of methoxy groups -OCH3 is 1. The van der Waals surface area contributed by atoms with Gasteiger partial charge in [0.05, 0.1) is 11.3 Å². The summed E-state index contributed by atoms with van der Waals surface area (Å²) in [6.07, 6.45) is -4.30. The highest BCUT2D eigenvalue weighted by Crippen LogP contribution is 2.32. The van der Waals surface area contributed by atoms with Crippen LogP contribution in [0.3, 0.4) is 0 Å². The van der Waals surface area contributed by atoms with Gasteiger partial charge in [0.2, 0.25) is 0 Å². The first kappa shape index (κ1) is 15.6. The molecule has 0 N–H and O–H groups in total. The van der Waals surface area contributed by atoms with Crippen LogP contribution in [0.2, 0.25) is 0 Å². The maximum Gasteiger partial charge on any atom is 0.416 e. The molecular formula is C11H15F3N2O. The van der Waals surface area contributed by atoms with Crippen molar-refractivity contribution in [2.45, 2.75) is 13.1 Å². The minimum Gasteiger partial charge on any atom is -0.388 e. The van der Waals surface area contributed by atoms with E-state index in [1.54, 1.807) is 21.1 Å². The van der Waals surface area contributed by atoms with E-state index in [1.165, 1.54) is 13.1 Å². The van der Waals surface area contributed by atoms with Gasteiger partial charge < -0.3 is 4.74 Å². The first-order valence-electron chi connectivity index (χ1n) is 4.74. The number of benzene rings is 1. The summed E-state index contributed by atoms with van der Waals surface area (Å²) in [4.78, 5) is 0. The second kappa shape index (κ2) is 7.01. The van der Waals surface area contributed by atoms with E-state index < -0.39 is 11.7 Å². The number of ether oxygens (including phenoxy) is 1. The van der Waals surface area contributed by atoms with E-state index in [0.717, 1.165) is 12.1 Å². The molecule has 0 heterocycles. The molecule has 0 saturated carbocycles. The van der Waals surface area contributed by atoms with Gasteiger partial charge in [-0.3, -0.25) is 0 Å². The minimum absolute atomic E-state index is 0.459. The van der Waals surface area contributed by atoms with Crippen LogP contribution in [-0.4, -0.2) is 21.3 Å². The molecular weight excluding hydrogens is 233 g/mol. The van der Waals surface area contributed by atoms with Gasteiger partial charge in [0.15, 0.2) is 0 Å². The third kappa shape index (κ3) is 5.44. The van der Waals surface area contributed by atoms with Gasteiger partial charge in [0.1, 0.15) is 0 Å². The van der Waals surface area contributed by atoms with Crippen molar-refractivity contribution in [1.29, 1.82) is 0 Å². The Hall–Kier alpha value is -1.43. The first-order valence-corrected chi connectivity index (χ1v) is 4.74. The lowest BCUT2D eigenvalue weighted by Crippen LogP contribution is -2.04. The molecule has 0 unspecified atom stereocenters. The average Bonchev–Trinajstić information content (AvgIpc) is 2.21. The summed E-state index contributed by atoms with van der Waals surface area (Å²) >= 11 is 0. The first-order chi connectivity index (χ1) is 7.86. The number of hydrogen-bond acceptors (Lipinski definition) is 3. The molecule has 17 heavy (non-hydrogen) atoms. The Morgan fingerprint density at radius 3 is 2.06 bits per heavy atom. The van der Waals surface area contributed by atoms with Crippen molar-refractivity contribution >= 4 is 5.69 Å². The highest BCUT2D eigenvalue weighted by molar-refractivity contribution is 5.47. The van der Waals surface area contributed by atoms with Gasteiger partial charge in [-0.15, -0.1) is 0 Å². The number of azo groups is 1. The standard InChI is InChI=1S/C9H9F3N2.C2H6O/c1-6-5-7(9(10,11)12)3-4-8(6)14-13-2;1-3-2/h3-5H,1-2H3;1-2H3. The van der Waals surface area contributed by atoms with Gasteiger partial charge in [-0.25, -0.2) is 0 Å². The van der Waals surface area contributed by atoms with Crippen molar-refractivity contribution in [3.8, 4) is 0 Å². The molecule has 0 amide bonds. The molecule has 0 radical (unpaired) electrons. The summed E-state index contributed by atoms with van der Waals surface area (Å²) in [6, 6.07) is 3.37. The summed E-state index contributed by atoms with van der Waals surface area (Å²) in [6.45, 7) is 1.57. The quantitative estimate of drug-likeness (QED) is 0.692. The fourth-order valence-corrected chi connectivity index (χ4v) is 1.05. The normalized spacial score (nSPS) is 11.2. The number of rotatable bonds is 1. The van der Waals surface area contributed by atoms with Crippen LogP contribution in [0.4, 0.5) is 18.9 Å². The van der Waals surface area contributed by atoms with Crippen LogP contribution in [-0.2, 0) is 10.9 Å². The zero-order valence-corrected chi connectivity index (χ0v) is 10.2. The van der Waals surface area contributed by atoms with Crippen molar-refractivity contribution in [2.75, 3.05) is 21.3 Å². The highest BCUT2D eigenvalue weighted by atomic mass is 19.4. The zero-order chi connectivity index (χ0) is 13.5. The zero-order valence-electron chi connectivity index (χ0n) is 10.2. The lowest BCUT2D eigenvalue weighted by molar-refractivity contribution is -0.137. The van der Waals surface area contributed by atoms with E-state index in [4.69, 9.17) is 0 Å². The van der Waals surface area contributed by atoms with Gasteiger partial charge in [-0.2, -0.15) is 23.4 Å². The van der Waals surface area contributed by atoms with E-state index in [2.05, 4.69) is 15.0 Å². The topological polar surface area (TPSA) is 34.0 Å². The van der Waals surface area contributed by atoms with Crippen LogP contribution in [0, 0.1) is 6.92 Å². The number of halogens is 3. The molecule has 1 rings (SSSR count). The maximum atomic E-state index is 12.2. The van der Waals surface area contributed by atoms with Crippen LogP contribution < -0.4 is 0 Å². The van der Waals surface area contributed by atoms with Crippen LogP contribution in [0.25, 0.3) is 0 Å². The Morgan fingerprint density at radius 1 is 1.18 bits per heavy atom. The second-order valence-corrected chi connectivity index (χ2v) is 3.21. The summed E-state index contributed by atoms with van der Waals surface area (Å²) in [7, 11) is 4.72. The number of nitrogens with zero attached hydrogens (tertiary/aromatic N) is 2. The minimum atomic E-state index is -4.30. The molecule has 0 aliphatic carbocycles. The Morgan fingerprint density at radius 2 is 1.71 bits per heavy atom. The van der Waals surface area contributed by atoms with Crippen LogP contribution in [0.1, 0.15) is 11.1 Å². The van der Waals surface area contributed by atoms with Gasteiger partial charge in [0.25, 0.3) is 0 Å². The third-order valence-electron chi connectivity index (χ3n) is 1.73. The maximum absolute atomic E-state index is 12.2. The highest BCUT2D eigenvalue weighted by Gasteiger charge is 2.30. The van der Waals surface area contributed by atoms with Gasteiger partial charge in [-0.1, -0.05) is 0 Å². The molecule has 1 aromatic carbocycles. The van der Waals surface area contributed by atoms with Crippen molar-refractivity contribution < 1.29 is 17.9 Å². The number of hydrogen-bond donors (Lipinski definition) is 0. The Kier molecular flexibility index (Phi) is 6.42. The average molecular weight is 248 g/mol. The van der Waals surface area contributed by atoms with Crippen LogP contribution in [0.15, 0.2) is 28.4 Å². The van der Waals surface area contributed by atoms with Crippen molar-refractivity contribution in [3.63, 3.8) is 0 Å². The van der Waals surface area contributed by atoms with E-state index in [-0.39, 0.29) is 0 Å². The molecule has 1 aromatic rings. The van der Waals surface area contributed by atoms with Gasteiger partial charge in [-0.05, 0) is 30.7 Å². The predicted molar refractivity (Wildman–Crippen MR) is 59.6 cm³/mol. The summed E-state index contributed by atoms with van der Waals surface area (Å²) in [5, 5.41) is 7.19. The van der Waals surface area contributed by atoms with E-state index in [9.17, 15) is 13.2 Å². The fraction of sp³-hybridized carbons (Fsp3) is 0.455. The number of aryl methyl sites for hydroxylation is 1. The van der Waals surface area contributed by atoms with Crippen molar-refractivity contribution in [3.05, 3.63) is 29.3 Å². The van der Waals surface area contributed by atoms with Gasteiger partial charge in [0, 0.05) is 21.3 Å². The number of alkyl halides is 3. The van der Waals surface area contributed by atoms with Gasteiger partial charge >= 0.3 is 6.18 Å². The molecule has 0 fully saturated rings. The summed E-state index contributed by atoms with van der Waals surface area (Å²) < 4.78 is 40.9. The molecule has 96 valence electrons. The molecule has 0 aliphatic heterocycles. The molecule has 0 spiro atoms. The molecule has 3 nitrogen and oxygen atoms in total. The van der Waals surface area contributed by atoms with Crippen LogP contribution >= 0.6 is 0 Å².